The van der Waals surface area contributed by atoms with E-state index in [0.29, 0.717) is 18.7 Å². The molecule has 6 heteroatoms. The number of hydrogen-bond donors (Lipinski definition) is 1. The predicted octanol–water partition coefficient (Wildman–Crippen LogP) is 2.74. The van der Waals surface area contributed by atoms with Crippen LogP contribution >= 0.6 is 0 Å². The third kappa shape index (κ3) is 3.08. The van der Waals surface area contributed by atoms with E-state index in [4.69, 9.17) is 0 Å². The number of carbonyl (C=O) groups is 1. The van der Waals surface area contributed by atoms with Gasteiger partial charge >= 0.3 is 0 Å². The van der Waals surface area contributed by atoms with E-state index >= 15 is 0 Å². The molecule has 1 aromatic carbocycles. The monoisotopic (exact) mass is 340 g/mol. The average molecular weight is 340 g/mol. The van der Waals surface area contributed by atoms with Gasteiger partial charge in [0.05, 0.1) is 5.69 Å². The van der Waals surface area contributed by atoms with Crippen molar-refractivity contribution in [3.05, 3.63) is 53.0 Å². The highest BCUT2D eigenvalue weighted by Gasteiger charge is 2.47. The fourth-order valence-electron chi connectivity index (χ4n) is 3.61. The first-order valence-corrected chi connectivity index (χ1v) is 8.80. The van der Waals surface area contributed by atoms with E-state index in [9.17, 15) is 9.18 Å². The molecule has 5 nitrogen and oxygen atoms in total. The van der Waals surface area contributed by atoms with Crippen molar-refractivity contribution in [2.75, 3.05) is 18.4 Å². The molecule has 25 heavy (non-hydrogen) atoms. The summed E-state index contributed by atoms with van der Waals surface area (Å²) in [6, 6.07) is 8.75. The van der Waals surface area contributed by atoms with Crippen LogP contribution in [0.25, 0.3) is 0 Å². The Kier molecular flexibility index (Phi) is 4.11. The van der Waals surface area contributed by atoms with Gasteiger partial charge in [-0.3, -0.25) is 4.79 Å². The Hall–Kier alpha value is -2.50. The van der Waals surface area contributed by atoms with Gasteiger partial charge in [0.15, 0.2) is 0 Å². The maximum absolute atomic E-state index is 13.9. The summed E-state index contributed by atoms with van der Waals surface area (Å²) in [7, 11) is 0. The molecule has 1 N–H and O–H groups in total. The molecule has 2 atom stereocenters. The summed E-state index contributed by atoms with van der Waals surface area (Å²) in [6.07, 6.45) is 1.46. The molecule has 1 aliphatic carbocycles. The van der Waals surface area contributed by atoms with Crippen molar-refractivity contribution in [2.24, 2.45) is 5.92 Å². The molecule has 1 aliphatic heterocycles. The molecular weight excluding hydrogens is 319 g/mol. The van der Waals surface area contributed by atoms with Crippen LogP contribution in [0.4, 0.5) is 10.2 Å². The van der Waals surface area contributed by atoms with Crippen molar-refractivity contribution in [3.63, 3.8) is 0 Å². The number of nitrogens with zero attached hydrogens (tertiary/aromatic N) is 3. The first-order chi connectivity index (χ1) is 12.2. The van der Waals surface area contributed by atoms with Gasteiger partial charge in [-0.25, -0.2) is 4.39 Å². The molecule has 0 saturated heterocycles. The van der Waals surface area contributed by atoms with E-state index in [-0.39, 0.29) is 23.6 Å². The molecule has 130 valence electrons. The van der Waals surface area contributed by atoms with Gasteiger partial charge < -0.3 is 10.2 Å². The third-order valence-corrected chi connectivity index (χ3v) is 5.02. The van der Waals surface area contributed by atoms with Crippen LogP contribution < -0.4 is 5.32 Å². The molecule has 0 unspecified atom stereocenters. The number of carbonyl (C=O) groups excluding carboxylic acids is 1. The second kappa shape index (κ2) is 6.43. The number of benzene rings is 1. The highest BCUT2D eigenvalue weighted by Crippen LogP contribution is 2.49. The SMILES string of the molecule is CCNc1cc2c(nn1)CCN(C(=O)[C@H]1C[C@H]1c1ccccc1F)C2. The first kappa shape index (κ1) is 16.0. The van der Waals surface area contributed by atoms with Gasteiger partial charge in [-0.05, 0) is 42.5 Å². The maximum atomic E-state index is 13.9. The smallest absolute Gasteiger partial charge is 0.226 e. The molecule has 1 amide bonds. The Morgan fingerprint density at radius 1 is 1.36 bits per heavy atom. The lowest BCUT2D eigenvalue weighted by atomic mass is 10.0. The van der Waals surface area contributed by atoms with Gasteiger partial charge in [0.1, 0.15) is 11.6 Å². The molecule has 1 aromatic heterocycles. The minimum Gasteiger partial charge on any atom is -0.369 e. The summed E-state index contributed by atoms with van der Waals surface area (Å²) in [5.74, 6) is 0.578. The van der Waals surface area contributed by atoms with Crippen LogP contribution in [0.5, 0.6) is 0 Å². The molecule has 4 rings (SSSR count). The molecule has 1 fully saturated rings. The Morgan fingerprint density at radius 2 is 2.20 bits per heavy atom. The largest absolute Gasteiger partial charge is 0.369 e. The zero-order valence-corrected chi connectivity index (χ0v) is 14.2. The summed E-state index contributed by atoms with van der Waals surface area (Å²) >= 11 is 0. The van der Waals surface area contributed by atoms with Crippen molar-refractivity contribution < 1.29 is 9.18 Å². The number of aromatic nitrogens is 2. The van der Waals surface area contributed by atoms with Crippen molar-refractivity contribution in [1.29, 1.82) is 0 Å². The normalized spacial score (nSPS) is 21.6. The van der Waals surface area contributed by atoms with Crippen molar-refractivity contribution in [3.8, 4) is 0 Å². The van der Waals surface area contributed by atoms with E-state index in [0.717, 1.165) is 36.5 Å². The molecule has 0 bridgehead atoms. The number of amides is 1. The molecule has 2 aliphatic rings. The maximum Gasteiger partial charge on any atom is 0.226 e. The van der Waals surface area contributed by atoms with Gasteiger partial charge in [-0.15, -0.1) is 5.10 Å². The van der Waals surface area contributed by atoms with E-state index in [1.54, 1.807) is 12.1 Å². The van der Waals surface area contributed by atoms with Crippen LogP contribution in [0.2, 0.25) is 0 Å². The zero-order chi connectivity index (χ0) is 17.4. The van der Waals surface area contributed by atoms with E-state index in [1.807, 2.05) is 24.0 Å². The summed E-state index contributed by atoms with van der Waals surface area (Å²) in [4.78, 5) is 14.7. The lowest BCUT2D eigenvalue weighted by Gasteiger charge is -2.28. The third-order valence-electron chi connectivity index (χ3n) is 5.02. The topological polar surface area (TPSA) is 58.1 Å². The fourth-order valence-corrected chi connectivity index (χ4v) is 3.61. The lowest BCUT2D eigenvalue weighted by molar-refractivity contribution is -0.133. The molecule has 0 spiro atoms. The summed E-state index contributed by atoms with van der Waals surface area (Å²) in [5, 5.41) is 11.6. The minimum atomic E-state index is -0.211. The number of hydrogen-bond acceptors (Lipinski definition) is 4. The lowest BCUT2D eigenvalue weighted by Crippen LogP contribution is -2.37. The van der Waals surface area contributed by atoms with Gasteiger partial charge in [0, 0.05) is 32.0 Å². The van der Waals surface area contributed by atoms with E-state index in [1.165, 1.54) is 6.07 Å². The Morgan fingerprint density at radius 3 is 3.00 bits per heavy atom. The number of halogens is 1. The molecule has 2 aromatic rings. The van der Waals surface area contributed by atoms with E-state index < -0.39 is 0 Å². The van der Waals surface area contributed by atoms with Gasteiger partial charge in [0.2, 0.25) is 5.91 Å². The van der Waals surface area contributed by atoms with Crippen molar-refractivity contribution in [2.45, 2.75) is 32.2 Å². The Balaban J connectivity index is 1.46. The van der Waals surface area contributed by atoms with Crippen LogP contribution in [0.3, 0.4) is 0 Å². The van der Waals surface area contributed by atoms with Crippen molar-refractivity contribution in [1.82, 2.24) is 15.1 Å². The van der Waals surface area contributed by atoms with Crippen LogP contribution in [-0.4, -0.2) is 34.1 Å². The molecule has 1 saturated carbocycles. The second-order valence-electron chi connectivity index (χ2n) is 6.71. The Bertz CT molecular complexity index is 810. The van der Waals surface area contributed by atoms with Crippen molar-refractivity contribution >= 4 is 11.7 Å². The number of anilines is 1. The van der Waals surface area contributed by atoms with E-state index in [2.05, 4.69) is 15.5 Å². The number of fused-ring (bicyclic) bond motifs is 1. The zero-order valence-electron chi connectivity index (χ0n) is 14.2. The quantitative estimate of drug-likeness (QED) is 0.930. The molecule has 0 radical (unpaired) electrons. The average Bonchev–Trinajstić information content (AvgIpc) is 3.41. The van der Waals surface area contributed by atoms with Gasteiger partial charge in [-0.1, -0.05) is 18.2 Å². The predicted molar refractivity (Wildman–Crippen MR) is 92.6 cm³/mol. The summed E-state index contributed by atoms with van der Waals surface area (Å²) in [6.45, 7) is 4.00. The first-order valence-electron chi connectivity index (χ1n) is 8.80. The minimum absolute atomic E-state index is 0.0166. The fraction of sp³-hybridized carbons (Fsp3) is 0.421. The molecule has 2 heterocycles. The number of nitrogens with one attached hydrogen (secondary N) is 1. The summed E-state index contributed by atoms with van der Waals surface area (Å²) in [5.41, 5.74) is 2.68. The van der Waals surface area contributed by atoms with Gasteiger partial charge in [0.25, 0.3) is 0 Å². The highest BCUT2D eigenvalue weighted by molar-refractivity contribution is 5.83. The van der Waals surface area contributed by atoms with Gasteiger partial charge in [-0.2, -0.15) is 5.10 Å². The van der Waals surface area contributed by atoms with Crippen LogP contribution in [0.15, 0.2) is 30.3 Å². The van der Waals surface area contributed by atoms with Crippen LogP contribution in [-0.2, 0) is 17.8 Å². The number of rotatable bonds is 4. The second-order valence-corrected chi connectivity index (χ2v) is 6.71. The highest BCUT2D eigenvalue weighted by atomic mass is 19.1. The van der Waals surface area contributed by atoms with Crippen LogP contribution in [0, 0.1) is 11.7 Å². The Labute approximate surface area is 146 Å². The summed E-state index contributed by atoms with van der Waals surface area (Å²) < 4.78 is 13.9. The van der Waals surface area contributed by atoms with Crippen LogP contribution in [0.1, 0.15) is 36.1 Å². The molecular formula is C19H21FN4O. The standard InChI is InChI=1S/C19H21FN4O/c1-2-21-18-9-12-11-24(8-7-17(12)22-23-18)19(25)15-10-14(15)13-5-3-4-6-16(13)20/h3-6,9,14-15H,2,7-8,10-11H2,1H3,(H,21,23)/t14-,15-/m0/s1.